The number of unbranched alkanes of at least 4 members (excludes halogenated alkanes) is 3. The predicted octanol–water partition coefficient (Wildman–Crippen LogP) is 5.46. The lowest BCUT2D eigenvalue weighted by atomic mass is 10.1. The van der Waals surface area contributed by atoms with Crippen molar-refractivity contribution in [1.82, 2.24) is 14.5 Å². The van der Waals surface area contributed by atoms with E-state index in [0.717, 1.165) is 43.3 Å². The van der Waals surface area contributed by atoms with Crippen LogP contribution >= 0.6 is 0 Å². The van der Waals surface area contributed by atoms with Gasteiger partial charge in [-0.3, -0.25) is 4.57 Å². The van der Waals surface area contributed by atoms with Crippen molar-refractivity contribution in [3.05, 3.63) is 59.7 Å². The fraction of sp³-hybridized carbons (Fsp3) is 0.320. The van der Waals surface area contributed by atoms with Gasteiger partial charge in [-0.2, -0.15) is 0 Å². The third-order valence-corrected chi connectivity index (χ3v) is 5.51. The molecular formula is C25H28N4O2. The number of hydrogen-bond acceptors (Lipinski definition) is 5. The van der Waals surface area contributed by atoms with Crippen LogP contribution in [0.5, 0.6) is 0 Å². The van der Waals surface area contributed by atoms with Crippen LogP contribution in [0.4, 0.5) is 5.82 Å². The van der Waals surface area contributed by atoms with Crippen molar-refractivity contribution in [3.63, 3.8) is 0 Å². The Morgan fingerprint density at radius 2 is 1.77 bits per heavy atom. The zero-order valence-corrected chi connectivity index (χ0v) is 18.1. The zero-order chi connectivity index (χ0) is 21.8. The van der Waals surface area contributed by atoms with E-state index < -0.39 is 5.97 Å². The second-order valence-corrected chi connectivity index (χ2v) is 7.70. The van der Waals surface area contributed by atoms with Gasteiger partial charge in [0, 0.05) is 5.69 Å². The number of rotatable bonds is 8. The maximum atomic E-state index is 13.0. The maximum absolute atomic E-state index is 13.0. The summed E-state index contributed by atoms with van der Waals surface area (Å²) in [5, 5.41) is 0. The van der Waals surface area contributed by atoms with Gasteiger partial charge < -0.3 is 10.5 Å². The third kappa shape index (κ3) is 4.10. The smallest absolute Gasteiger partial charge is 0.344 e. The first-order chi connectivity index (χ1) is 15.1. The summed E-state index contributed by atoms with van der Waals surface area (Å²) in [6.07, 6.45) is 5.03. The number of carbonyl (C=O) groups is 1. The summed E-state index contributed by atoms with van der Waals surface area (Å²) >= 11 is 0. The average molecular weight is 417 g/mol. The molecule has 6 heteroatoms. The Balaban J connectivity index is 1.84. The number of hydrogen-bond donors (Lipinski definition) is 1. The molecule has 0 spiro atoms. The van der Waals surface area contributed by atoms with Crippen molar-refractivity contribution in [3.8, 4) is 5.69 Å². The Kier molecular flexibility index (Phi) is 6.16. The summed E-state index contributed by atoms with van der Waals surface area (Å²) < 4.78 is 7.38. The number of nitrogens with two attached hydrogens (primary N) is 1. The van der Waals surface area contributed by atoms with Crippen LogP contribution in [0.15, 0.2) is 48.5 Å². The van der Waals surface area contributed by atoms with E-state index in [4.69, 9.17) is 20.4 Å². The third-order valence-electron chi connectivity index (χ3n) is 5.51. The minimum atomic E-state index is -0.450. The number of carbonyl (C=O) groups excluding carboxylic acids is 1. The van der Waals surface area contributed by atoms with Gasteiger partial charge in [-0.15, -0.1) is 0 Å². The number of anilines is 1. The number of aryl methyl sites for hydroxylation is 1. The molecular weight excluding hydrogens is 388 g/mol. The first kappa shape index (κ1) is 20.8. The highest BCUT2D eigenvalue weighted by Gasteiger charge is 2.26. The van der Waals surface area contributed by atoms with E-state index in [1.807, 2.05) is 41.0 Å². The van der Waals surface area contributed by atoms with Crippen molar-refractivity contribution in [2.45, 2.75) is 46.0 Å². The molecule has 2 N–H and O–H groups in total. The van der Waals surface area contributed by atoms with Crippen LogP contribution in [-0.4, -0.2) is 27.1 Å². The lowest BCUT2D eigenvalue weighted by Crippen LogP contribution is -2.10. The molecule has 0 saturated carbocycles. The second-order valence-electron chi connectivity index (χ2n) is 7.70. The Bertz CT molecular complexity index is 1230. The SMILES string of the molecule is CCCCCCOC(=O)c1c(N)n(-c2cccc(CC)c2)c2nc3ccccc3nc12. The van der Waals surface area contributed by atoms with Crippen LogP contribution in [0.1, 0.15) is 55.5 Å². The van der Waals surface area contributed by atoms with Crippen LogP contribution in [0.25, 0.3) is 27.9 Å². The molecule has 0 amide bonds. The number of nitrogen functional groups attached to an aromatic ring is 1. The molecule has 0 aliphatic carbocycles. The molecule has 0 saturated heterocycles. The molecule has 0 radical (unpaired) electrons. The van der Waals surface area contributed by atoms with Gasteiger partial charge in [0.05, 0.1) is 17.6 Å². The largest absolute Gasteiger partial charge is 0.462 e. The Labute approximate surface area is 182 Å². The van der Waals surface area contributed by atoms with Crippen molar-refractivity contribution >= 4 is 34.0 Å². The summed E-state index contributed by atoms with van der Waals surface area (Å²) in [6.45, 7) is 4.63. The molecule has 0 aliphatic heterocycles. The maximum Gasteiger partial charge on any atom is 0.344 e. The van der Waals surface area contributed by atoms with Gasteiger partial charge in [0.2, 0.25) is 0 Å². The number of fused-ring (bicyclic) bond motifs is 2. The molecule has 0 unspecified atom stereocenters. The summed E-state index contributed by atoms with van der Waals surface area (Å²) in [5.74, 6) is -0.147. The van der Waals surface area contributed by atoms with E-state index in [1.54, 1.807) is 0 Å². The quantitative estimate of drug-likeness (QED) is 0.305. The molecule has 4 aromatic rings. The number of esters is 1. The highest BCUT2D eigenvalue weighted by molar-refractivity contribution is 6.09. The predicted molar refractivity (Wildman–Crippen MR) is 125 cm³/mol. The number of benzene rings is 2. The van der Waals surface area contributed by atoms with Crippen molar-refractivity contribution < 1.29 is 9.53 Å². The zero-order valence-electron chi connectivity index (χ0n) is 18.1. The molecule has 0 atom stereocenters. The van der Waals surface area contributed by atoms with Gasteiger partial charge in [-0.25, -0.2) is 14.8 Å². The van der Waals surface area contributed by atoms with E-state index >= 15 is 0 Å². The standard InChI is InChI=1S/C25H28N4O2/c1-3-5-6-9-15-31-25(30)21-22-24(28-20-14-8-7-13-19(20)27-22)29(23(21)26)18-12-10-11-17(4-2)16-18/h7-8,10-14,16H,3-6,9,15,26H2,1-2H3. The molecule has 160 valence electrons. The molecule has 0 fully saturated rings. The van der Waals surface area contributed by atoms with Gasteiger partial charge in [0.25, 0.3) is 0 Å². The van der Waals surface area contributed by atoms with Gasteiger partial charge in [0.1, 0.15) is 16.9 Å². The minimum Gasteiger partial charge on any atom is -0.462 e. The number of nitrogens with zero attached hydrogens (tertiary/aromatic N) is 3. The molecule has 6 nitrogen and oxygen atoms in total. The summed E-state index contributed by atoms with van der Waals surface area (Å²) in [4.78, 5) is 22.6. The van der Waals surface area contributed by atoms with E-state index in [1.165, 1.54) is 5.56 Å². The second kappa shape index (κ2) is 9.16. The highest BCUT2D eigenvalue weighted by atomic mass is 16.5. The number of ether oxygens (including phenoxy) is 1. The van der Waals surface area contributed by atoms with Crippen LogP contribution < -0.4 is 5.73 Å². The van der Waals surface area contributed by atoms with Gasteiger partial charge >= 0.3 is 5.97 Å². The fourth-order valence-electron chi connectivity index (χ4n) is 3.81. The lowest BCUT2D eigenvalue weighted by molar-refractivity contribution is 0.0501. The van der Waals surface area contributed by atoms with Gasteiger partial charge in [-0.1, -0.05) is 57.4 Å². The molecule has 2 aromatic carbocycles. The first-order valence-electron chi connectivity index (χ1n) is 11.0. The van der Waals surface area contributed by atoms with Gasteiger partial charge in [-0.05, 0) is 42.7 Å². The summed E-state index contributed by atoms with van der Waals surface area (Å²) in [7, 11) is 0. The molecule has 0 aliphatic rings. The van der Waals surface area contributed by atoms with E-state index in [9.17, 15) is 4.79 Å². The lowest BCUT2D eigenvalue weighted by Gasteiger charge is -2.09. The van der Waals surface area contributed by atoms with Crippen LogP contribution in [-0.2, 0) is 11.2 Å². The van der Waals surface area contributed by atoms with Crippen molar-refractivity contribution in [2.24, 2.45) is 0 Å². The number of aromatic nitrogens is 3. The molecule has 0 bridgehead atoms. The van der Waals surface area contributed by atoms with E-state index in [-0.39, 0.29) is 5.56 Å². The number of para-hydroxylation sites is 2. The topological polar surface area (TPSA) is 83.0 Å². The molecule has 2 heterocycles. The van der Waals surface area contributed by atoms with Crippen molar-refractivity contribution in [1.29, 1.82) is 0 Å². The molecule has 31 heavy (non-hydrogen) atoms. The van der Waals surface area contributed by atoms with E-state index in [0.29, 0.717) is 29.1 Å². The van der Waals surface area contributed by atoms with E-state index in [2.05, 4.69) is 26.0 Å². The summed E-state index contributed by atoms with van der Waals surface area (Å²) in [6, 6.07) is 15.7. The van der Waals surface area contributed by atoms with Gasteiger partial charge in [0.15, 0.2) is 5.65 Å². The fourth-order valence-corrected chi connectivity index (χ4v) is 3.81. The van der Waals surface area contributed by atoms with Crippen LogP contribution in [0.2, 0.25) is 0 Å². The van der Waals surface area contributed by atoms with Crippen molar-refractivity contribution in [2.75, 3.05) is 12.3 Å². The molecule has 4 rings (SSSR count). The summed E-state index contributed by atoms with van der Waals surface area (Å²) in [5.41, 5.74) is 11.3. The van der Waals surface area contributed by atoms with Crippen LogP contribution in [0.3, 0.4) is 0 Å². The normalized spacial score (nSPS) is 11.3. The minimum absolute atomic E-state index is 0.283. The average Bonchev–Trinajstić information content (AvgIpc) is 3.08. The monoisotopic (exact) mass is 416 g/mol. The Morgan fingerprint density at radius 1 is 1.00 bits per heavy atom. The highest BCUT2D eigenvalue weighted by Crippen LogP contribution is 2.31. The Morgan fingerprint density at radius 3 is 2.52 bits per heavy atom. The molecule has 2 aromatic heterocycles. The Hall–Kier alpha value is -3.41. The first-order valence-corrected chi connectivity index (χ1v) is 11.0. The van der Waals surface area contributed by atoms with Crippen LogP contribution in [0, 0.1) is 0 Å².